The topological polar surface area (TPSA) is 75.7 Å². The van der Waals surface area contributed by atoms with E-state index in [1.807, 2.05) is 32.0 Å². The maximum Gasteiger partial charge on any atom is 0.252 e. The van der Waals surface area contributed by atoms with E-state index in [-0.39, 0.29) is 22.0 Å². The van der Waals surface area contributed by atoms with Gasteiger partial charge in [0, 0.05) is 13.1 Å². The van der Waals surface area contributed by atoms with Gasteiger partial charge in [0.15, 0.2) is 0 Å². The Morgan fingerprint density at radius 2 is 1.90 bits per heavy atom. The van der Waals surface area contributed by atoms with Crippen LogP contribution in [0.1, 0.15) is 34.3 Å². The van der Waals surface area contributed by atoms with Crippen molar-refractivity contribution in [3.05, 3.63) is 58.1 Å². The molecule has 0 atom stereocenters. The van der Waals surface area contributed by atoms with Crippen molar-refractivity contribution >= 4 is 27.5 Å². The number of halogens is 1. The second-order valence-electron chi connectivity index (χ2n) is 7.06. The molecule has 1 heterocycles. The van der Waals surface area contributed by atoms with Crippen LogP contribution in [0.25, 0.3) is 0 Å². The van der Waals surface area contributed by atoms with E-state index < -0.39 is 15.9 Å². The van der Waals surface area contributed by atoms with Crippen molar-refractivity contribution < 1.29 is 17.9 Å². The van der Waals surface area contributed by atoms with E-state index in [1.54, 1.807) is 0 Å². The van der Waals surface area contributed by atoms with Gasteiger partial charge < -0.3 is 10.1 Å². The molecule has 6 nitrogen and oxygen atoms in total. The molecule has 0 saturated carbocycles. The van der Waals surface area contributed by atoms with Crippen LogP contribution in [0, 0.1) is 13.8 Å². The van der Waals surface area contributed by atoms with Crippen molar-refractivity contribution in [2.75, 3.05) is 26.2 Å². The number of ether oxygens (including phenoxy) is 1. The third kappa shape index (κ3) is 4.91. The minimum Gasteiger partial charge on any atom is -0.491 e. The Hall–Kier alpha value is -2.09. The highest BCUT2D eigenvalue weighted by Gasteiger charge is 2.28. The van der Waals surface area contributed by atoms with Gasteiger partial charge in [-0.15, -0.1) is 0 Å². The van der Waals surface area contributed by atoms with Gasteiger partial charge in [-0.3, -0.25) is 4.79 Å². The van der Waals surface area contributed by atoms with Gasteiger partial charge in [0.1, 0.15) is 12.4 Å². The zero-order valence-electron chi connectivity index (χ0n) is 16.6. The first kappa shape index (κ1) is 21.6. The van der Waals surface area contributed by atoms with E-state index in [1.165, 1.54) is 22.5 Å². The number of benzene rings is 2. The molecule has 0 unspecified atom stereocenters. The highest BCUT2D eigenvalue weighted by Crippen LogP contribution is 2.25. The Labute approximate surface area is 176 Å². The van der Waals surface area contributed by atoms with Crippen LogP contribution in [-0.4, -0.2) is 44.9 Å². The number of carbonyl (C=O) groups excluding carboxylic acids is 1. The monoisotopic (exact) mass is 436 g/mol. The number of carbonyl (C=O) groups is 1. The number of nitrogens with zero attached hydrogens (tertiary/aromatic N) is 1. The molecule has 0 spiro atoms. The zero-order chi connectivity index (χ0) is 21.0. The summed E-state index contributed by atoms with van der Waals surface area (Å²) < 4.78 is 32.6. The summed E-state index contributed by atoms with van der Waals surface area (Å²) in [5.41, 5.74) is 2.33. The molecule has 29 heavy (non-hydrogen) atoms. The molecule has 3 rings (SSSR count). The van der Waals surface area contributed by atoms with Crippen LogP contribution in [0.2, 0.25) is 5.02 Å². The molecule has 1 saturated heterocycles. The minimum atomic E-state index is -3.61. The standard InChI is InChI=1S/C21H25ClN2O4S/c1-15-6-5-7-20(16(15)2)28-13-10-23-21(25)18-14-17(8-9-19(18)22)29(26,27)24-11-3-4-12-24/h5-9,14H,3-4,10-13H2,1-2H3,(H,23,25). The van der Waals surface area contributed by atoms with E-state index in [0.29, 0.717) is 19.7 Å². The Balaban J connectivity index is 1.64. The van der Waals surface area contributed by atoms with E-state index in [9.17, 15) is 13.2 Å². The predicted octanol–water partition coefficient (Wildman–Crippen LogP) is 3.55. The van der Waals surface area contributed by atoms with Crippen LogP contribution in [0.15, 0.2) is 41.3 Å². The number of amides is 1. The maximum atomic E-state index is 12.7. The average molecular weight is 437 g/mol. The molecule has 1 fully saturated rings. The van der Waals surface area contributed by atoms with E-state index >= 15 is 0 Å². The molecule has 1 amide bonds. The Morgan fingerprint density at radius 3 is 2.62 bits per heavy atom. The molecule has 2 aromatic rings. The highest BCUT2D eigenvalue weighted by molar-refractivity contribution is 7.89. The number of hydrogen-bond donors (Lipinski definition) is 1. The fourth-order valence-corrected chi connectivity index (χ4v) is 4.96. The lowest BCUT2D eigenvalue weighted by Gasteiger charge is -2.16. The molecule has 8 heteroatoms. The second kappa shape index (κ2) is 9.15. The first-order valence-electron chi connectivity index (χ1n) is 9.57. The Bertz CT molecular complexity index is 1000. The normalized spacial score (nSPS) is 14.7. The summed E-state index contributed by atoms with van der Waals surface area (Å²) in [6.07, 6.45) is 1.70. The highest BCUT2D eigenvalue weighted by atomic mass is 35.5. The van der Waals surface area contributed by atoms with Crippen LogP contribution in [-0.2, 0) is 10.0 Å². The van der Waals surface area contributed by atoms with Crippen LogP contribution in [0.4, 0.5) is 0 Å². The van der Waals surface area contributed by atoms with Gasteiger partial charge in [0.05, 0.1) is 22.0 Å². The van der Waals surface area contributed by atoms with Crippen LogP contribution < -0.4 is 10.1 Å². The van der Waals surface area contributed by atoms with E-state index in [4.69, 9.17) is 16.3 Å². The van der Waals surface area contributed by atoms with Gasteiger partial charge in [-0.1, -0.05) is 23.7 Å². The first-order valence-corrected chi connectivity index (χ1v) is 11.4. The number of rotatable bonds is 7. The lowest BCUT2D eigenvalue weighted by Crippen LogP contribution is -2.30. The Morgan fingerprint density at radius 1 is 1.17 bits per heavy atom. The summed E-state index contributed by atoms with van der Waals surface area (Å²) in [5, 5.41) is 2.94. The molecule has 0 bridgehead atoms. The number of aryl methyl sites for hydroxylation is 1. The lowest BCUT2D eigenvalue weighted by molar-refractivity contribution is 0.0947. The smallest absolute Gasteiger partial charge is 0.252 e. The third-order valence-electron chi connectivity index (χ3n) is 5.09. The summed E-state index contributed by atoms with van der Waals surface area (Å²) >= 11 is 6.15. The minimum absolute atomic E-state index is 0.0839. The molecule has 0 aromatic heterocycles. The average Bonchev–Trinajstić information content (AvgIpc) is 3.24. The van der Waals surface area contributed by atoms with Crippen LogP contribution in [0.3, 0.4) is 0 Å². The number of nitrogens with one attached hydrogen (secondary N) is 1. The second-order valence-corrected chi connectivity index (χ2v) is 9.40. The summed E-state index contributed by atoms with van der Waals surface area (Å²) in [7, 11) is -3.61. The molecule has 1 aliphatic heterocycles. The summed E-state index contributed by atoms with van der Waals surface area (Å²) in [6.45, 7) is 5.56. The lowest BCUT2D eigenvalue weighted by atomic mass is 10.1. The molecule has 1 aliphatic rings. The van der Waals surface area contributed by atoms with Crippen LogP contribution >= 0.6 is 11.6 Å². The zero-order valence-corrected chi connectivity index (χ0v) is 18.1. The summed E-state index contributed by atoms with van der Waals surface area (Å²) in [4.78, 5) is 12.6. The van der Waals surface area contributed by atoms with Crippen molar-refractivity contribution in [2.24, 2.45) is 0 Å². The van der Waals surface area contributed by atoms with Gasteiger partial charge in [-0.05, 0) is 62.1 Å². The number of sulfonamides is 1. The van der Waals surface area contributed by atoms with Crippen molar-refractivity contribution in [3.8, 4) is 5.75 Å². The van der Waals surface area contributed by atoms with Gasteiger partial charge in [-0.2, -0.15) is 4.31 Å². The van der Waals surface area contributed by atoms with Crippen molar-refractivity contribution in [1.82, 2.24) is 9.62 Å². The van der Waals surface area contributed by atoms with Crippen LogP contribution in [0.5, 0.6) is 5.75 Å². The molecule has 1 N–H and O–H groups in total. The van der Waals surface area contributed by atoms with E-state index in [2.05, 4.69) is 5.32 Å². The van der Waals surface area contributed by atoms with Gasteiger partial charge in [0.25, 0.3) is 5.91 Å². The maximum absolute atomic E-state index is 12.7. The summed E-state index contributed by atoms with van der Waals surface area (Å²) in [6, 6.07) is 10.0. The van der Waals surface area contributed by atoms with Gasteiger partial charge in [-0.25, -0.2) is 8.42 Å². The fraction of sp³-hybridized carbons (Fsp3) is 0.381. The van der Waals surface area contributed by atoms with Crippen molar-refractivity contribution in [2.45, 2.75) is 31.6 Å². The third-order valence-corrected chi connectivity index (χ3v) is 7.31. The van der Waals surface area contributed by atoms with Gasteiger partial charge >= 0.3 is 0 Å². The number of hydrogen-bond acceptors (Lipinski definition) is 4. The molecule has 0 aliphatic carbocycles. The first-order chi connectivity index (χ1) is 13.8. The predicted molar refractivity (Wildman–Crippen MR) is 113 cm³/mol. The molecule has 156 valence electrons. The molecule has 0 radical (unpaired) electrons. The molecular formula is C21H25ClN2O4S. The van der Waals surface area contributed by atoms with Crippen molar-refractivity contribution in [1.29, 1.82) is 0 Å². The van der Waals surface area contributed by atoms with E-state index in [0.717, 1.165) is 29.7 Å². The van der Waals surface area contributed by atoms with Gasteiger partial charge in [0.2, 0.25) is 10.0 Å². The molecular weight excluding hydrogens is 412 g/mol. The molecule has 2 aromatic carbocycles. The largest absolute Gasteiger partial charge is 0.491 e. The summed E-state index contributed by atoms with van der Waals surface area (Å²) in [5.74, 6) is 0.342. The fourth-order valence-electron chi connectivity index (χ4n) is 3.22. The van der Waals surface area contributed by atoms with Crippen molar-refractivity contribution in [3.63, 3.8) is 0 Å². The quantitative estimate of drug-likeness (QED) is 0.673. The SMILES string of the molecule is Cc1cccc(OCCNC(=O)c2cc(S(=O)(=O)N3CCCC3)ccc2Cl)c1C. The Kier molecular flexibility index (Phi) is 6.82.